The molecule has 1 amide bonds. The standard InChI is InChI=1S/C31H45N3O5/c1-5-6-12-27-26(22-13-15-25(16-14-22)38-24-10-8-7-9-11-24)19-29(33-32-27)37-21-23-20-34(18-17-28(23)35)30(36)39-31(2,3)4/h13-16,19,23-24,28,35H,5-12,17-18,20-21H2,1-4H3/t23-,28+/m1/s1. The monoisotopic (exact) mass is 539 g/mol. The summed E-state index contributed by atoms with van der Waals surface area (Å²) in [5.74, 6) is 1.07. The minimum atomic E-state index is -0.565. The molecule has 1 N–H and O–H groups in total. The third-order valence-corrected chi connectivity index (χ3v) is 7.43. The number of carbonyl (C=O) groups is 1. The van der Waals surface area contributed by atoms with Gasteiger partial charge in [0.05, 0.1) is 24.5 Å². The van der Waals surface area contributed by atoms with Crippen molar-refractivity contribution in [3.05, 3.63) is 36.0 Å². The van der Waals surface area contributed by atoms with Crippen molar-refractivity contribution in [2.24, 2.45) is 5.92 Å². The minimum absolute atomic E-state index is 0.233. The molecule has 1 saturated carbocycles. The van der Waals surface area contributed by atoms with Crippen LogP contribution in [0.1, 0.15) is 84.8 Å². The number of hydrogen-bond donors (Lipinski definition) is 1. The van der Waals surface area contributed by atoms with E-state index in [0.717, 1.165) is 54.7 Å². The summed E-state index contributed by atoms with van der Waals surface area (Å²) in [6.45, 7) is 8.78. The predicted molar refractivity (Wildman–Crippen MR) is 151 cm³/mol. The van der Waals surface area contributed by atoms with Crippen LogP contribution < -0.4 is 9.47 Å². The van der Waals surface area contributed by atoms with Crippen molar-refractivity contribution < 1.29 is 24.1 Å². The van der Waals surface area contributed by atoms with Crippen molar-refractivity contribution in [1.82, 2.24) is 15.1 Å². The first-order chi connectivity index (χ1) is 18.7. The first-order valence-corrected chi connectivity index (χ1v) is 14.6. The number of benzene rings is 1. The summed E-state index contributed by atoms with van der Waals surface area (Å²) in [6, 6.07) is 10.2. The van der Waals surface area contributed by atoms with Crippen molar-refractivity contribution in [1.29, 1.82) is 0 Å². The zero-order valence-corrected chi connectivity index (χ0v) is 24.0. The highest BCUT2D eigenvalue weighted by Gasteiger charge is 2.33. The summed E-state index contributed by atoms with van der Waals surface area (Å²) in [4.78, 5) is 14.2. The van der Waals surface area contributed by atoms with Crippen LogP contribution in [0, 0.1) is 5.92 Å². The van der Waals surface area contributed by atoms with Gasteiger partial charge in [-0.3, -0.25) is 0 Å². The van der Waals surface area contributed by atoms with Crippen LogP contribution in [0.2, 0.25) is 0 Å². The Hall–Kier alpha value is -2.87. The molecule has 0 unspecified atom stereocenters. The number of hydrogen-bond acceptors (Lipinski definition) is 7. The number of piperidine rings is 1. The molecule has 8 heteroatoms. The summed E-state index contributed by atoms with van der Waals surface area (Å²) < 4.78 is 17.8. The maximum Gasteiger partial charge on any atom is 0.410 e. The van der Waals surface area contributed by atoms with Gasteiger partial charge in [0.25, 0.3) is 0 Å². The lowest BCUT2D eigenvalue weighted by atomic mass is 9.96. The van der Waals surface area contributed by atoms with Crippen molar-refractivity contribution in [2.75, 3.05) is 19.7 Å². The number of aryl methyl sites for hydroxylation is 1. The van der Waals surface area contributed by atoms with E-state index in [4.69, 9.17) is 14.2 Å². The number of amides is 1. The molecule has 39 heavy (non-hydrogen) atoms. The molecule has 0 spiro atoms. The average molecular weight is 540 g/mol. The second kappa shape index (κ2) is 13.5. The molecule has 4 rings (SSSR count). The number of nitrogens with zero attached hydrogens (tertiary/aromatic N) is 3. The molecule has 0 bridgehead atoms. The number of aliphatic hydroxyl groups is 1. The van der Waals surface area contributed by atoms with E-state index in [2.05, 4.69) is 29.3 Å². The maximum absolute atomic E-state index is 12.6. The first-order valence-electron chi connectivity index (χ1n) is 14.6. The van der Waals surface area contributed by atoms with Gasteiger partial charge in [0.2, 0.25) is 5.88 Å². The quantitative estimate of drug-likeness (QED) is 0.406. The zero-order chi connectivity index (χ0) is 27.8. The normalized spacial score (nSPS) is 20.5. The van der Waals surface area contributed by atoms with E-state index in [1.54, 1.807) is 4.90 Å². The second-order valence-electron chi connectivity index (χ2n) is 11.9. The van der Waals surface area contributed by atoms with Gasteiger partial charge in [-0.1, -0.05) is 31.9 Å². The number of ether oxygens (including phenoxy) is 3. The molecular weight excluding hydrogens is 494 g/mol. The van der Waals surface area contributed by atoms with Gasteiger partial charge in [0, 0.05) is 30.6 Å². The summed E-state index contributed by atoms with van der Waals surface area (Å²) >= 11 is 0. The molecule has 2 atom stereocenters. The fourth-order valence-corrected chi connectivity index (χ4v) is 5.21. The molecule has 1 saturated heterocycles. The van der Waals surface area contributed by atoms with Crippen LogP contribution in [0.15, 0.2) is 30.3 Å². The van der Waals surface area contributed by atoms with E-state index in [-0.39, 0.29) is 18.6 Å². The molecule has 2 aromatic rings. The van der Waals surface area contributed by atoms with Gasteiger partial charge in [0.1, 0.15) is 11.4 Å². The largest absolute Gasteiger partial charge is 0.490 e. The van der Waals surface area contributed by atoms with Crippen molar-refractivity contribution in [3.8, 4) is 22.8 Å². The van der Waals surface area contributed by atoms with E-state index in [1.807, 2.05) is 39.0 Å². The number of carbonyl (C=O) groups excluding carboxylic acids is 1. The number of aromatic nitrogens is 2. The van der Waals surface area contributed by atoms with Crippen LogP contribution in [-0.4, -0.2) is 63.8 Å². The Balaban J connectivity index is 1.44. The molecule has 1 aromatic carbocycles. The third kappa shape index (κ3) is 8.56. The van der Waals surface area contributed by atoms with E-state index in [1.165, 1.54) is 19.3 Å². The maximum atomic E-state index is 12.6. The summed E-state index contributed by atoms with van der Waals surface area (Å²) in [5, 5.41) is 19.5. The summed E-state index contributed by atoms with van der Waals surface area (Å²) in [6.07, 6.45) is 8.86. The molecule has 1 aliphatic heterocycles. The minimum Gasteiger partial charge on any atom is -0.490 e. The van der Waals surface area contributed by atoms with Gasteiger partial charge in [-0.25, -0.2) is 4.79 Å². The number of rotatable bonds is 9. The Morgan fingerprint density at radius 2 is 1.82 bits per heavy atom. The molecular formula is C31H45N3O5. The Morgan fingerprint density at radius 3 is 2.51 bits per heavy atom. The molecule has 2 heterocycles. The van der Waals surface area contributed by atoms with Crippen LogP contribution in [0.4, 0.5) is 4.79 Å². The van der Waals surface area contributed by atoms with Crippen molar-refractivity contribution in [3.63, 3.8) is 0 Å². The fourth-order valence-electron chi connectivity index (χ4n) is 5.21. The Morgan fingerprint density at radius 1 is 1.08 bits per heavy atom. The van der Waals surface area contributed by atoms with Crippen molar-refractivity contribution >= 4 is 6.09 Å². The SMILES string of the molecule is CCCCc1nnc(OC[C@H]2CN(C(=O)OC(C)(C)C)CC[C@@H]2O)cc1-c1ccc(OC2CCCCC2)cc1. The highest BCUT2D eigenvalue weighted by Crippen LogP contribution is 2.30. The number of unbranched alkanes of at least 4 members (excludes halogenated alkanes) is 1. The van der Waals surface area contributed by atoms with E-state index in [9.17, 15) is 9.90 Å². The van der Waals surface area contributed by atoms with Gasteiger partial charge in [-0.05, 0) is 83.4 Å². The number of likely N-dealkylation sites (tertiary alicyclic amines) is 1. The Kier molecular flexibility index (Phi) is 10.1. The predicted octanol–water partition coefficient (Wildman–Crippen LogP) is 6.19. The van der Waals surface area contributed by atoms with E-state index in [0.29, 0.717) is 31.5 Å². The third-order valence-electron chi connectivity index (χ3n) is 7.43. The molecule has 214 valence electrons. The Bertz CT molecular complexity index is 1060. The van der Waals surface area contributed by atoms with Gasteiger partial charge < -0.3 is 24.2 Å². The fraction of sp³-hybridized carbons (Fsp3) is 0.645. The smallest absolute Gasteiger partial charge is 0.410 e. The van der Waals surface area contributed by atoms with Gasteiger partial charge in [-0.15, -0.1) is 5.10 Å². The summed E-state index contributed by atoms with van der Waals surface area (Å²) in [7, 11) is 0. The molecule has 2 aliphatic rings. The van der Waals surface area contributed by atoms with Gasteiger partial charge >= 0.3 is 6.09 Å². The average Bonchev–Trinajstić information content (AvgIpc) is 2.92. The molecule has 1 aromatic heterocycles. The lowest BCUT2D eigenvalue weighted by molar-refractivity contribution is -0.0181. The van der Waals surface area contributed by atoms with Crippen LogP contribution in [0.25, 0.3) is 11.1 Å². The zero-order valence-electron chi connectivity index (χ0n) is 24.0. The van der Waals surface area contributed by atoms with Crippen LogP contribution in [-0.2, 0) is 11.2 Å². The van der Waals surface area contributed by atoms with Crippen LogP contribution in [0.5, 0.6) is 11.6 Å². The molecule has 0 radical (unpaired) electrons. The first kappa shape index (κ1) is 29.1. The number of aliphatic hydroxyl groups excluding tert-OH is 1. The van der Waals surface area contributed by atoms with E-state index >= 15 is 0 Å². The van der Waals surface area contributed by atoms with Gasteiger partial charge in [0.15, 0.2) is 0 Å². The molecule has 1 aliphatic carbocycles. The van der Waals surface area contributed by atoms with Crippen molar-refractivity contribution in [2.45, 2.75) is 103 Å². The lowest BCUT2D eigenvalue weighted by Crippen LogP contribution is -2.49. The topological polar surface area (TPSA) is 94.0 Å². The Labute approximate surface area is 233 Å². The van der Waals surface area contributed by atoms with E-state index < -0.39 is 11.7 Å². The van der Waals surface area contributed by atoms with Crippen LogP contribution >= 0.6 is 0 Å². The molecule has 8 nitrogen and oxygen atoms in total. The second-order valence-corrected chi connectivity index (χ2v) is 11.9. The highest BCUT2D eigenvalue weighted by molar-refractivity contribution is 5.68. The molecule has 2 fully saturated rings. The highest BCUT2D eigenvalue weighted by atomic mass is 16.6. The lowest BCUT2D eigenvalue weighted by Gasteiger charge is -2.36. The van der Waals surface area contributed by atoms with Crippen LogP contribution in [0.3, 0.4) is 0 Å². The summed E-state index contributed by atoms with van der Waals surface area (Å²) in [5.41, 5.74) is 2.42. The van der Waals surface area contributed by atoms with Gasteiger partial charge in [-0.2, -0.15) is 5.10 Å².